The zero-order valence-electron chi connectivity index (χ0n) is 21.3. The van der Waals surface area contributed by atoms with Gasteiger partial charge >= 0.3 is 0 Å². The summed E-state index contributed by atoms with van der Waals surface area (Å²) in [4.78, 5) is 57.6. The lowest BCUT2D eigenvalue weighted by atomic mass is 9.57. The Morgan fingerprint density at radius 1 is 0.675 bits per heavy atom. The summed E-state index contributed by atoms with van der Waals surface area (Å²) in [6.45, 7) is 0. The van der Waals surface area contributed by atoms with E-state index in [0.29, 0.717) is 23.4 Å². The molecule has 0 bridgehead atoms. The highest BCUT2D eigenvalue weighted by atomic mass is 19.1. The molecule has 0 radical (unpaired) electrons. The molecule has 3 aromatic carbocycles. The van der Waals surface area contributed by atoms with Gasteiger partial charge in [0.1, 0.15) is 0 Å². The van der Waals surface area contributed by atoms with Crippen LogP contribution in [0.25, 0.3) is 0 Å². The van der Waals surface area contributed by atoms with Crippen molar-refractivity contribution in [2.75, 3.05) is 9.80 Å². The third-order valence-electron chi connectivity index (χ3n) is 9.01. The average Bonchev–Trinajstić information content (AvgIpc) is 3.38. The third-order valence-corrected chi connectivity index (χ3v) is 9.01. The Bertz CT molecular complexity index is 1600. The van der Waals surface area contributed by atoms with Gasteiger partial charge < -0.3 is 5.11 Å². The van der Waals surface area contributed by atoms with Crippen molar-refractivity contribution < 1.29 is 28.7 Å². The van der Waals surface area contributed by atoms with E-state index in [-0.39, 0.29) is 30.0 Å². The molecule has 4 amide bonds. The molecule has 200 valence electrons. The number of benzene rings is 3. The number of hydrogen-bond acceptors (Lipinski definition) is 5. The lowest BCUT2D eigenvalue weighted by Gasteiger charge is -2.44. The molecule has 7 nitrogen and oxygen atoms in total. The number of carbonyl (C=O) groups excluding carboxylic acids is 4. The second-order valence-corrected chi connectivity index (χ2v) is 10.9. The molecule has 0 spiro atoms. The van der Waals surface area contributed by atoms with Gasteiger partial charge in [-0.15, -0.1) is 0 Å². The Hall–Kier alpha value is -4.59. The molecule has 1 N–H and O–H groups in total. The predicted molar refractivity (Wildman–Crippen MR) is 143 cm³/mol. The van der Waals surface area contributed by atoms with E-state index in [0.717, 1.165) is 5.57 Å². The molecule has 40 heavy (non-hydrogen) atoms. The van der Waals surface area contributed by atoms with Gasteiger partial charge in [0.2, 0.25) is 23.6 Å². The van der Waals surface area contributed by atoms with E-state index in [2.05, 4.69) is 0 Å². The van der Waals surface area contributed by atoms with Gasteiger partial charge in [-0.05, 0) is 60.7 Å². The number of rotatable bonds is 3. The van der Waals surface area contributed by atoms with Crippen LogP contribution >= 0.6 is 0 Å². The van der Waals surface area contributed by atoms with Crippen LogP contribution in [0.15, 0.2) is 90.5 Å². The maximum Gasteiger partial charge on any atom is 0.238 e. The molecule has 4 aliphatic rings. The van der Waals surface area contributed by atoms with Crippen LogP contribution in [0.1, 0.15) is 24.3 Å². The standard InChI is InChI=1S/C32H25FN2O5/c33-24-15-17(11-14-25(24)36)26-20-12-13-21-27(31(39)34(29(21)37)18-7-3-1-4-8-18)22(20)16-23-28(26)32(40)35(30(23)38)19-9-5-2-6-10-19/h1-12,14-15,21-23,26-28,36H,13,16H2. The first-order valence-corrected chi connectivity index (χ1v) is 13.4. The first-order valence-electron chi connectivity index (χ1n) is 13.4. The van der Waals surface area contributed by atoms with E-state index in [1.54, 1.807) is 60.7 Å². The van der Waals surface area contributed by atoms with Crippen LogP contribution in [-0.2, 0) is 19.2 Å². The largest absolute Gasteiger partial charge is 0.505 e. The number of anilines is 2. The zero-order chi connectivity index (χ0) is 27.7. The zero-order valence-corrected chi connectivity index (χ0v) is 21.3. The number of aromatic hydroxyl groups is 1. The Morgan fingerprint density at radius 3 is 1.85 bits per heavy atom. The molecule has 7 rings (SSSR count). The Balaban J connectivity index is 1.35. The Kier molecular flexibility index (Phi) is 5.49. The minimum Gasteiger partial charge on any atom is -0.505 e. The van der Waals surface area contributed by atoms with Gasteiger partial charge in [-0.25, -0.2) is 4.39 Å². The fourth-order valence-electron chi connectivity index (χ4n) is 7.34. The van der Waals surface area contributed by atoms with Gasteiger partial charge in [0.25, 0.3) is 0 Å². The minimum absolute atomic E-state index is 0.240. The number of nitrogens with zero attached hydrogens (tertiary/aromatic N) is 2. The second kappa shape index (κ2) is 8.98. The van der Waals surface area contributed by atoms with E-state index in [9.17, 15) is 28.7 Å². The van der Waals surface area contributed by atoms with Crippen LogP contribution in [0, 0.1) is 35.4 Å². The molecule has 6 unspecified atom stereocenters. The number of fused-ring (bicyclic) bond motifs is 4. The van der Waals surface area contributed by atoms with E-state index in [4.69, 9.17) is 0 Å². The van der Waals surface area contributed by atoms with E-state index in [1.807, 2.05) is 12.1 Å². The van der Waals surface area contributed by atoms with Crippen molar-refractivity contribution in [3.05, 3.63) is 102 Å². The normalized spacial score (nSPS) is 29.3. The lowest BCUT2D eigenvalue weighted by molar-refractivity contribution is -0.126. The molecule has 2 aliphatic carbocycles. The predicted octanol–water partition coefficient (Wildman–Crippen LogP) is 4.58. The first-order chi connectivity index (χ1) is 19.4. The molecule has 8 heteroatoms. The molecule has 2 heterocycles. The van der Waals surface area contributed by atoms with Crippen molar-refractivity contribution in [2.45, 2.75) is 18.8 Å². The molecule has 2 saturated heterocycles. The summed E-state index contributed by atoms with van der Waals surface area (Å²) in [5, 5.41) is 9.86. The first kappa shape index (κ1) is 24.5. The SMILES string of the molecule is O=C1C2CC=C3C(CC4C(=O)N(c5ccccc5)C(=O)C4C3c3ccc(O)c(F)c3)C2C(=O)N1c1ccccc1. The van der Waals surface area contributed by atoms with Crippen LogP contribution in [0.2, 0.25) is 0 Å². The quantitative estimate of drug-likeness (QED) is 0.391. The highest BCUT2D eigenvalue weighted by Crippen LogP contribution is 2.58. The van der Waals surface area contributed by atoms with Crippen molar-refractivity contribution in [3.63, 3.8) is 0 Å². The van der Waals surface area contributed by atoms with Crippen molar-refractivity contribution in [2.24, 2.45) is 29.6 Å². The third kappa shape index (κ3) is 3.41. The fraction of sp³-hybridized carbons (Fsp3) is 0.250. The molecule has 6 atom stereocenters. The number of halogens is 1. The van der Waals surface area contributed by atoms with Crippen LogP contribution in [0.5, 0.6) is 5.75 Å². The maximum absolute atomic E-state index is 14.6. The van der Waals surface area contributed by atoms with E-state index in [1.165, 1.54) is 21.9 Å². The molecule has 2 aliphatic heterocycles. The highest BCUT2D eigenvalue weighted by Gasteiger charge is 2.62. The molecular formula is C32H25FN2O5. The van der Waals surface area contributed by atoms with Crippen molar-refractivity contribution in [3.8, 4) is 5.75 Å². The molecule has 3 aromatic rings. The number of para-hydroxylation sites is 2. The van der Waals surface area contributed by atoms with Gasteiger partial charge in [0, 0.05) is 5.92 Å². The van der Waals surface area contributed by atoms with Crippen molar-refractivity contribution >= 4 is 35.0 Å². The Labute approximate surface area is 229 Å². The summed E-state index contributed by atoms with van der Waals surface area (Å²) in [6.07, 6.45) is 2.47. The average molecular weight is 537 g/mol. The summed E-state index contributed by atoms with van der Waals surface area (Å²) in [7, 11) is 0. The number of hydrogen-bond donors (Lipinski definition) is 1. The summed E-state index contributed by atoms with van der Waals surface area (Å²) in [6, 6.07) is 21.5. The lowest BCUT2D eigenvalue weighted by Crippen LogP contribution is -2.43. The number of imide groups is 2. The maximum atomic E-state index is 14.6. The van der Waals surface area contributed by atoms with Crippen LogP contribution in [-0.4, -0.2) is 28.7 Å². The van der Waals surface area contributed by atoms with Gasteiger partial charge in [-0.3, -0.25) is 29.0 Å². The summed E-state index contributed by atoms with van der Waals surface area (Å²) in [5.74, 6) is -6.63. The van der Waals surface area contributed by atoms with Gasteiger partial charge in [-0.1, -0.05) is 54.1 Å². The molecule has 1 saturated carbocycles. The minimum atomic E-state index is -0.829. The number of carbonyl (C=O) groups is 4. The molecule has 3 fully saturated rings. The number of allylic oxidation sites excluding steroid dienone is 2. The molecule has 0 aromatic heterocycles. The highest BCUT2D eigenvalue weighted by molar-refractivity contribution is 6.24. The summed E-state index contributed by atoms with van der Waals surface area (Å²) in [5.41, 5.74) is 2.19. The topological polar surface area (TPSA) is 95.0 Å². The van der Waals surface area contributed by atoms with Crippen LogP contribution in [0.4, 0.5) is 15.8 Å². The van der Waals surface area contributed by atoms with E-state index >= 15 is 0 Å². The summed E-state index contributed by atoms with van der Waals surface area (Å²) < 4.78 is 14.6. The fourth-order valence-corrected chi connectivity index (χ4v) is 7.34. The second-order valence-electron chi connectivity index (χ2n) is 10.9. The number of phenolic OH excluding ortho intramolecular Hbond substituents is 1. The van der Waals surface area contributed by atoms with Crippen LogP contribution in [0.3, 0.4) is 0 Å². The summed E-state index contributed by atoms with van der Waals surface area (Å²) >= 11 is 0. The number of amides is 4. The van der Waals surface area contributed by atoms with Crippen molar-refractivity contribution in [1.29, 1.82) is 0 Å². The van der Waals surface area contributed by atoms with Gasteiger partial charge in [-0.2, -0.15) is 0 Å². The van der Waals surface area contributed by atoms with Crippen molar-refractivity contribution in [1.82, 2.24) is 0 Å². The smallest absolute Gasteiger partial charge is 0.238 e. The number of phenols is 1. The van der Waals surface area contributed by atoms with Gasteiger partial charge in [0.05, 0.1) is 35.0 Å². The Morgan fingerprint density at radius 2 is 1.25 bits per heavy atom. The molecular weight excluding hydrogens is 511 g/mol. The van der Waals surface area contributed by atoms with E-state index < -0.39 is 47.1 Å². The van der Waals surface area contributed by atoms with Gasteiger partial charge in [0.15, 0.2) is 11.6 Å². The monoisotopic (exact) mass is 536 g/mol. The van der Waals surface area contributed by atoms with Crippen LogP contribution < -0.4 is 9.80 Å².